The molecular formula is C9H5NO5. The van der Waals surface area contributed by atoms with Crippen molar-refractivity contribution < 1.29 is 24.9 Å². The van der Waals surface area contributed by atoms with Crippen LogP contribution in [-0.4, -0.2) is 27.2 Å². The molecule has 0 aromatic heterocycles. The number of carbonyl (C=O) groups is 2. The zero-order chi connectivity index (χ0) is 11.2. The Kier molecular flexibility index (Phi) is 1.72. The summed E-state index contributed by atoms with van der Waals surface area (Å²) in [5.41, 5.74) is -0.500. The van der Waals surface area contributed by atoms with Gasteiger partial charge in [-0.2, -0.15) is 0 Å². The van der Waals surface area contributed by atoms with Crippen molar-refractivity contribution in [3.63, 3.8) is 0 Å². The number of fused-ring (bicyclic) bond motifs is 1. The van der Waals surface area contributed by atoms with E-state index in [4.69, 9.17) is 15.3 Å². The molecule has 0 aliphatic carbocycles. The molecule has 76 valence electrons. The smallest absolute Gasteiger partial charge is 0.342 e. The number of hydrogen-bond donors (Lipinski definition) is 3. The third kappa shape index (κ3) is 1.23. The number of carbonyl (C=O) groups excluding carboxylic acids is 1. The van der Waals surface area contributed by atoms with E-state index < -0.39 is 28.9 Å². The van der Waals surface area contributed by atoms with Crippen molar-refractivity contribution in [3.8, 4) is 11.5 Å². The molecule has 1 aromatic carbocycles. The maximum absolute atomic E-state index is 11.1. The lowest BCUT2D eigenvalue weighted by Gasteiger charge is -1.94. The Hall–Kier alpha value is -2.37. The normalized spacial score (nSPS) is 13.6. The van der Waals surface area contributed by atoms with E-state index in [9.17, 15) is 9.59 Å². The van der Waals surface area contributed by atoms with Crippen LogP contribution >= 0.6 is 0 Å². The van der Waals surface area contributed by atoms with Crippen LogP contribution in [0.4, 0.5) is 0 Å². The van der Waals surface area contributed by atoms with Crippen LogP contribution in [0, 0.1) is 0 Å². The highest BCUT2D eigenvalue weighted by Crippen LogP contribution is 2.19. The second-order valence-corrected chi connectivity index (χ2v) is 2.96. The maximum Gasteiger partial charge on any atom is 0.342 e. The van der Waals surface area contributed by atoms with Gasteiger partial charge in [0.05, 0.1) is 5.36 Å². The number of carboxylic acids is 1. The van der Waals surface area contributed by atoms with E-state index in [1.165, 1.54) is 0 Å². The molecule has 0 radical (unpaired) electrons. The van der Waals surface area contributed by atoms with Crippen molar-refractivity contribution >= 4 is 17.4 Å². The SMILES string of the molecule is O=C(O)C1=c2cc(O)c(O)cc2=NC1=O. The first-order chi connectivity index (χ1) is 7.00. The predicted molar refractivity (Wildman–Crippen MR) is 46.6 cm³/mol. The van der Waals surface area contributed by atoms with Gasteiger partial charge in [-0.25, -0.2) is 9.79 Å². The Labute approximate surface area is 82.4 Å². The fourth-order valence-electron chi connectivity index (χ4n) is 1.35. The molecule has 0 unspecified atom stereocenters. The van der Waals surface area contributed by atoms with E-state index >= 15 is 0 Å². The molecule has 0 spiro atoms. The average molecular weight is 207 g/mol. The lowest BCUT2D eigenvalue weighted by atomic mass is 10.1. The van der Waals surface area contributed by atoms with Crippen LogP contribution in [0.25, 0.3) is 5.57 Å². The molecule has 3 N–H and O–H groups in total. The molecule has 15 heavy (non-hydrogen) atoms. The van der Waals surface area contributed by atoms with Crippen molar-refractivity contribution in [2.75, 3.05) is 0 Å². The van der Waals surface area contributed by atoms with Crippen molar-refractivity contribution in [3.05, 3.63) is 22.7 Å². The van der Waals surface area contributed by atoms with Gasteiger partial charge in [-0.05, 0) is 6.07 Å². The van der Waals surface area contributed by atoms with Crippen LogP contribution < -0.4 is 10.6 Å². The number of nitrogens with zero attached hydrogens (tertiary/aromatic N) is 1. The molecule has 0 atom stereocenters. The average Bonchev–Trinajstić information content (AvgIpc) is 2.41. The number of phenols is 2. The fourth-order valence-corrected chi connectivity index (χ4v) is 1.35. The molecule has 0 saturated heterocycles. The minimum atomic E-state index is -1.41. The van der Waals surface area contributed by atoms with Crippen molar-refractivity contribution in [2.45, 2.75) is 0 Å². The predicted octanol–water partition coefficient (Wildman–Crippen LogP) is -1.51. The van der Waals surface area contributed by atoms with Gasteiger partial charge in [0.2, 0.25) is 0 Å². The van der Waals surface area contributed by atoms with E-state index in [1.807, 2.05) is 0 Å². The Balaban J connectivity index is 2.94. The standard InChI is InChI=1S/C9H5NO5/c11-5-1-3-4(2-6(5)12)10-8(13)7(3)9(14)15/h1-2,11-12H,(H,14,15). The summed E-state index contributed by atoms with van der Waals surface area (Å²) in [6.07, 6.45) is 0. The molecule has 2 rings (SSSR count). The summed E-state index contributed by atoms with van der Waals surface area (Å²) in [4.78, 5) is 25.3. The van der Waals surface area contributed by atoms with E-state index in [0.29, 0.717) is 0 Å². The number of aliphatic carboxylic acids is 1. The van der Waals surface area contributed by atoms with E-state index in [-0.39, 0.29) is 10.6 Å². The second-order valence-electron chi connectivity index (χ2n) is 2.96. The van der Waals surface area contributed by atoms with Gasteiger partial charge in [0.25, 0.3) is 5.91 Å². The topological polar surface area (TPSA) is 107 Å². The van der Waals surface area contributed by atoms with E-state index in [0.717, 1.165) is 12.1 Å². The molecule has 6 heteroatoms. The Bertz CT molecular complexity index is 602. The molecule has 0 fully saturated rings. The summed E-state index contributed by atoms with van der Waals surface area (Å²) >= 11 is 0. The maximum atomic E-state index is 11.1. The molecule has 1 aliphatic rings. The first-order valence-electron chi connectivity index (χ1n) is 3.93. The van der Waals surface area contributed by atoms with Crippen molar-refractivity contribution in [1.82, 2.24) is 0 Å². The van der Waals surface area contributed by atoms with Gasteiger partial charge in [-0.3, -0.25) is 4.79 Å². The number of carboxylic acid groups (broad SMARTS) is 1. The van der Waals surface area contributed by atoms with Crippen molar-refractivity contribution in [2.24, 2.45) is 4.99 Å². The summed E-state index contributed by atoms with van der Waals surface area (Å²) in [5.74, 6) is -3.23. The molecule has 1 heterocycles. The Morgan fingerprint density at radius 3 is 2.40 bits per heavy atom. The number of hydrogen-bond acceptors (Lipinski definition) is 4. The molecule has 1 amide bonds. The van der Waals surface area contributed by atoms with Crippen molar-refractivity contribution in [1.29, 1.82) is 0 Å². The van der Waals surface area contributed by atoms with Gasteiger partial charge >= 0.3 is 5.97 Å². The van der Waals surface area contributed by atoms with Crippen LogP contribution in [0.2, 0.25) is 0 Å². The van der Waals surface area contributed by atoms with Gasteiger partial charge < -0.3 is 15.3 Å². The minimum absolute atomic E-state index is 0.0165. The molecule has 0 saturated carbocycles. The number of amides is 1. The Morgan fingerprint density at radius 1 is 1.20 bits per heavy atom. The highest BCUT2D eigenvalue weighted by molar-refractivity contribution is 6.38. The van der Waals surface area contributed by atoms with Crippen LogP contribution in [-0.2, 0) is 9.59 Å². The summed E-state index contributed by atoms with van der Waals surface area (Å²) in [5, 5.41) is 27.1. The molecule has 6 nitrogen and oxygen atoms in total. The minimum Gasteiger partial charge on any atom is -0.504 e. The number of benzene rings is 1. The van der Waals surface area contributed by atoms with Gasteiger partial charge in [0.1, 0.15) is 5.57 Å². The number of rotatable bonds is 1. The van der Waals surface area contributed by atoms with Crippen LogP contribution in [0.15, 0.2) is 17.1 Å². The van der Waals surface area contributed by atoms with Gasteiger partial charge in [0.15, 0.2) is 11.5 Å². The van der Waals surface area contributed by atoms with Crippen LogP contribution in [0.5, 0.6) is 11.5 Å². The van der Waals surface area contributed by atoms with E-state index in [2.05, 4.69) is 4.99 Å². The molecular weight excluding hydrogens is 202 g/mol. The highest BCUT2D eigenvalue weighted by atomic mass is 16.4. The number of aromatic hydroxyl groups is 2. The highest BCUT2D eigenvalue weighted by Gasteiger charge is 2.23. The van der Waals surface area contributed by atoms with Gasteiger partial charge in [-0.1, -0.05) is 0 Å². The van der Waals surface area contributed by atoms with E-state index in [1.54, 1.807) is 0 Å². The fraction of sp³-hybridized carbons (Fsp3) is 0. The molecule has 1 aliphatic heterocycles. The second kappa shape index (κ2) is 2.81. The lowest BCUT2D eigenvalue weighted by molar-refractivity contribution is -0.131. The first-order valence-corrected chi connectivity index (χ1v) is 3.93. The van der Waals surface area contributed by atoms with Crippen LogP contribution in [0.3, 0.4) is 0 Å². The summed E-state index contributed by atoms with van der Waals surface area (Å²) < 4.78 is 0. The van der Waals surface area contributed by atoms with Gasteiger partial charge in [0, 0.05) is 11.3 Å². The zero-order valence-corrected chi connectivity index (χ0v) is 7.26. The summed E-state index contributed by atoms with van der Waals surface area (Å²) in [6.45, 7) is 0. The summed E-state index contributed by atoms with van der Waals surface area (Å²) in [7, 11) is 0. The quantitative estimate of drug-likeness (QED) is 0.485. The summed E-state index contributed by atoms with van der Waals surface area (Å²) in [6, 6.07) is 2.04. The lowest BCUT2D eigenvalue weighted by Crippen LogP contribution is -2.25. The van der Waals surface area contributed by atoms with Crippen LogP contribution in [0.1, 0.15) is 0 Å². The Morgan fingerprint density at radius 2 is 1.80 bits per heavy atom. The molecule has 0 bridgehead atoms. The first kappa shape index (κ1) is 9.20. The third-order valence-corrected chi connectivity index (χ3v) is 2.01. The molecule has 1 aromatic rings. The third-order valence-electron chi connectivity index (χ3n) is 2.01. The largest absolute Gasteiger partial charge is 0.504 e. The number of phenolic OH excluding ortho intramolecular Hbond substituents is 2. The van der Waals surface area contributed by atoms with Gasteiger partial charge in [-0.15, -0.1) is 0 Å². The zero-order valence-electron chi connectivity index (χ0n) is 7.26. The monoisotopic (exact) mass is 207 g/mol.